The SMILES string of the molecule is CCC/C=c1\c(Cc2cnc(CN3CCCC3)s2)c[nH]\c1=C(/N)N=C(C)OCCCC. The van der Waals surface area contributed by atoms with E-state index >= 15 is 0 Å². The van der Waals surface area contributed by atoms with Crippen LogP contribution in [0.1, 0.15) is 74.7 Å². The van der Waals surface area contributed by atoms with Gasteiger partial charge in [-0.2, -0.15) is 4.99 Å². The molecule has 0 unspecified atom stereocenters. The monoisotopic (exact) mass is 443 g/mol. The second kappa shape index (κ2) is 12.1. The van der Waals surface area contributed by atoms with Crippen molar-refractivity contribution < 1.29 is 4.74 Å². The van der Waals surface area contributed by atoms with Gasteiger partial charge in [0.1, 0.15) is 5.01 Å². The smallest absolute Gasteiger partial charge is 0.186 e. The van der Waals surface area contributed by atoms with Gasteiger partial charge in [0.2, 0.25) is 0 Å². The molecule has 1 saturated heterocycles. The number of hydrogen-bond donors (Lipinski definition) is 2. The number of thiazole rings is 1. The van der Waals surface area contributed by atoms with Crippen LogP contribution in [-0.4, -0.2) is 40.5 Å². The van der Waals surface area contributed by atoms with Crippen molar-refractivity contribution in [1.29, 1.82) is 0 Å². The Morgan fingerprint density at radius 2 is 2.13 bits per heavy atom. The molecule has 7 heteroatoms. The molecule has 0 spiro atoms. The predicted octanol–water partition coefficient (Wildman–Crippen LogP) is 3.50. The van der Waals surface area contributed by atoms with Gasteiger partial charge in [0.15, 0.2) is 11.7 Å². The quantitative estimate of drug-likeness (QED) is 0.335. The van der Waals surface area contributed by atoms with E-state index in [-0.39, 0.29) is 0 Å². The van der Waals surface area contributed by atoms with E-state index < -0.39 is 0 Å². The summed E-state index contributed by atoms with van der Waals surface area (Å²) in [5.74, 6) is 1.08. The van der Waals surface area contributed by atoms with E-state index in [0.29, 0.717) is 18.3 Å². The van der Waals surface area contributed by atoms with Crippen LogP contribution >= 0.6 is 11.3 Å². The van der Waals surface area contributed by atoms with Gasteiger partial charge in [0.05, 0.1) is 18.5 Å². The molecule has 2 aromatic rings. The first-order valence-corrected chi connectivity index (χ1v) is 12.4. The molecule has 0 saturated carbocycles. The zero-order valence-electron chi connectivity index (χ0n) is 19.2. The molecule has 0 aromatic carbocycles. The van der Waals surface area contributed by atoms with Crippen LogP contribution in [0, 0.1) is 0 Å². The van der Waals surface area contributed by atoms with Crippen LogP contribution in [0.5, 0.6) is 0 Å². The number of ether oxygens (including phenoxy) is 1. The number of nitrogens with one attached hydrogen (secondary N) is 1. The summed E-state index contributed by atoms with van der Waals surface area (Å²) >= 11 is 1.82. The number of unbranched alkanes of at least 4 members (excludes halogenated alkanes) is 2. The topological polar surface area (TPSA) is 79.5 Å². The number of nitrogens with zero attached hydrogens (tertiary/aromatic N) is 3. The molecule has 1 fully saturated rings. The summed E-state index contributed by atoms with van der Waals surface area (Å²) in [6.45, 7) is 10.2. The van der Waals surface area contributed by atoms with E-state index in [1.165, 1.54) is 41.4 Å². The summed E-state index contributed by atoms with van der Waals surface area (Å²) in [6.07, 6.45) is 14.0. The van der Waals surface area contributed by atoms with Gasteiger partial charge >= 0.3 is 0 Å². The fourth-order valence-corrected chi connectivity index (χ4v) is 4.79. The third-order valence-corrected chi connectivity index (χ3v) is 6.49. The van der Waals surface area contributed by atoms with E-state index in [1.54, 1.807) is 0 Å². The van der Waals surface area contributed by atoms with Crippen molar-refractivity contribution in [1.82, 2.24) is 14.9 Å². The van der Waals surface area contributed by atoms with E-state index in [0.717, 1.165) is 49.2 Å². The number of likely N-dealkylation sites (tertiary alicyclic amines) is 1. The molecule has 0 bridgehead atoms. The lowest BCUT2D eigenvalue weighted by atomic mass is 10.1. The maximum atomic E-state index is 6.36. The van der Waals surface area contributed by atoms with Crippen molar-refractivity contribution in [3.05, 3.63) is 38.4 Å². The predicted molar refractivity (Wildman–Crippen MR) is 130 cm³/mol. The average Bonchev–Trinajstić information content (AvgIpc) is 3.49. The molecule has 31 heavy (non-hydrogen) atoms. The third-order valence-electron chi connectivity index (χ3n) is 5.51. The number of aromatic nitrogens is 2. The lowest BCUT2D eigenvalue weighted by molar-refractivity contribution is 0.294. The Morgan fingerprint density at radius 1 is 1.32 bits per heavy atom. The second-order valence-corrected chi connectivity index (χ2v) is 9.39. The van der Waals surface area contributed by atoms with Crippen LogP contribution in [0.2, 0.25) is 0 Å². The minimum atomic E-state index is 0.474. The molecule has 0 aliphatic carbocycles. The van der Waals surface area contributed by atoms with Crippen molar-refractivity contribution in [2.75, 3.05) is 19.7 Å². The van der Waals surface area contributed by atoms with Crippen molar-refractivity contribution in [3.8, 4) is 0 Å². The summed E-state index contributed by atoms with van der Waals surface area (Å²) in [6, 6.07) is 0. The molecule has 3 rings (SSSR count). The van der Waals surface area contributed by atoms with Crippen molar-refractivity contribution in [3.63, 3.8) is 0 Å². The van der Waals surface area contributed by atoms with E-state index in [4.69, 9.17) is 10.5 Å². The highest BCUT2D eigenvalue weighted by Gasteiger charge is 2.14. The number of aliphatic imine (C=N–C) groups is 1. The third kappa shape index (κ3) is 6.94. The molecule has 3 heterocycles. The number of aromatic amines is 1. The Hall–Kier alpha value is -2.12. The molecule has 1 aliphatic rings. The minimum Gasteiger partial charge on any atom is -0.481 e. The van der Waals surface area contributed by atoms with Crippen LogP contribution < -0.4 is 16.3 Å². The van der Waals surface area contributed by atoms with Crippen LogP contribution in [0.15, 0.2) is 17.4 Å². The first-order valence-electron chi connectivity index (χ1n) is 11.6. The van der Waals surface area contributed by atoms with Gasteiger partial charge in [0, 0.05) is 35.8 Å². The molecule has 3 N–H and O–H groups in total. The fourth-order valence-electron chi connectivity index (χ4n) is 3.80. The molecular formula is C24H37N5OS. The van der Waals surface area contributed by atoms with Crippen molar-refractivity contribution in [2.24, 2.45) is 10.7 Å². The van der Waals surface area contributed by atoms with Gasteiger partial charge < -0.3 is 15.5 Å². The maximum absolute atomic E-state index is 6.36. The number of H-pyrrole nitrogens is 1. The fraction of sp³-hybridized carbons (Fsp3) is 0.583. The van der Waals surface area contributed by atoms with Crippen LogP contribution in [0.4, 0.5) is 0 Å². The van der Waals surface area contributed by atoms with Gasteiger partial charge in [0.25, 0.3) is 0 Å². The Bertz CT molecular complexity index is 969. The number of rotatable bonds is 10. The summed E-state index contributed by atoms with van der Waals surface area (Å²) in [5.41, 5.74) is 7.60. The first-order chi connectivity index (χ1) is 15.1. The minimum absolute atomic E-state index is 0.474. The van der Waals surface area contributed by atoms with Gasteiger partial charge in [-0.1, -0.05) is 32.8 Å². The largest absolute Gasteiger partial charge is 0.481 e. The Morgan fingerprint density at radius 3 is 2.87 bits per heavy atom. The number of nitrogens with two attached hydrogens (primary N) is 1. The van der Waals surface area contributed by atoms with E-state index in [9.17, 15) is 0 Å². The molecular weight excluding hydrogens is 406 g/mol. The van der Waals surface area contributed by atoms with Crippen LogP contribution in [0.3, 0.4) is 0 Å². The van der Waals surface area contributed by atoms with Crippen LogP contribution in [0.25, 0.3) is 11.9 Å². The summed E-state index contributed by atoms with van der Waals surface area (Å²) in [7, 11) is 0. The molecule has 0 amide bonds. The molecule has 6 nitrogen and oxygen atoms in total. The Balaban J connectivity index is 1.80. The van der Waals surface area contributed by atoms with Crippen molar-refractivity contribution in [2.45, 2.75) is 72.3 Å². The molecule has 1 aliphatic heterocycles. The highest BCUT2D eigenvalue weighted by molar-refractivity contribution is 7.11. The van der Waals surface area contributed by atoms with E-state index in [2.05, 4.69) is 46.0 Å². The highest BCUT2D eigenvalue weighted by Crippen LogP contribution is 2.19. The van der Waals surface area contributed by atoms with Gasteiger partial charge in [-0.05, 0) is 44.3 Å². The Labute approximate surface area is 189 Å². The molecule has 0 atom stereocenters. The first kappa shape index (κ1) is 23.5. The zero-order chi connectivity index (χ0) is 22.1. The standard InChI is InChI=1S/C24H37N5OS/c1-4-6-10-21-19(14-20-16-26-22(31-20)17-29-11-8-9-12-29)15-27-23(21)24(25)28-18(3)30-13-7-5-2/h10,15-16,27H,4-9,11-14,17,25H2,1-3H3/b21-10+,24-23+,28-18?. The van der Waals surface area contributed by atoms with Crippen LogP contribution in [-0.2, 0) is 17.7 Å². The molecule has 170 valence electrons. The maximum Gasteiger partial charge on any atom is 0.186 e. The van der Waals surface area contributed by atoms with E-state index in [1.807, 2.05) is 24.5 Å². The summed E-state index contributed by atoms with van der Waals surface area (Å²) in [5, 5.41) is 3.24. The normalized spacial score (nSPS) is 16.9. The molecule has 0 radical (unpaired) electrons. The second-order valence-electron chi connectivity index (χ2n) is 8.19. The highest BCUT2D eigenvalue weighted by atomic mass is 32.1. The van der Waals surface area contributed by atoms with Gasteiger partial charge in [-0.25, -0.2) is 4.98 Å². The lowest BCUT2D eigenvalue weighted by Gasteiger charge is -2.11. The lowest BCUT2D eigenvalue weighted by Crippen LogP contribution is -2.30. The molecule has 2 aromatic heterocycles. The summed E-state index contributed by atoms with van der Waals surface area (Å²) < 4.78 is 5.67. The average molecular weight is 444 g/mol. The number of hydrogen-bond acceptors (Lipinski definition) is 6. The van der Waals surface area contributed by atoms with Gasteiger partial charge in [-0.15, -0.1) is 11.3 Å². The van der Waals surface area contributed by atoms with Gasteiger partial charge in [-0.3, -0.25) is 4.90 Å². The van der Waals surface area contributed by atoms with Crippen molar-refractivity contribution >= 4 is 29.1 Å². The Kier molecular flexibility index (Phi) is 9.15. The zero-order valence-corrected chi connectivity index (χ0v) is 20.1. The summed E-state index contributed by atoms with van der Waals surface area (Å²) in [4.78, 5) is 16.3.